The van der Waals surface area contributed by atoms with Crippen molar-refractivity contribution in [2.75, 3.05) is 20.1 Å². The van der Waals surface area contributed by atoms with Gasteiger partial charge in [-0.25, -0.2) is 0 Å². The van der Waals surface area contributed by atoms with Gasteiger partial charge in [0.1, 0.15) is 0 Å². The van der Waals surface area contributed by atoms with Crippen LogP contribution >= 0.6 is 0 Å². The van der Waals surface area contributed by atoms with E-state index in [0.717, 1.165) is 38.3 Å². The molecule has 0 spiro atoms. The van der Waals surface area contributed by atoms with Crippen LogP contribution in [0.3, 0.4) is 0 Å². The molecule has 15 heavy (non-hydrogen) atoms. The molecular formula is C12H22N2O. The van der Waals surface area contributed by atoms with Crippen LogP contribution in [0.25, 0.3) is 0 Å². The van der Waals surface area contributed by atoms with Crippen molar-refractivity contribution < 1.29 is 4.79 Å². The van der Waals surface area contributed by atoms with Gasteiger partial charge in [-0.2, -0.15) is 0 Å². The fourth-order valence-electron chi connectivity index (χ4n) is 2.58. The predicted octanol–water partition coefficient (Wildman–Crippen LogP) is 1.39. The average Bonchev–Trinajstić information content (AvgIpc) is 2.92. The molecule has 2 rings (SSSR count). The molecule has 1 amide bonds. The lowest BCUT2D eigenvalue weighted by Gasteiger charge is -2.31. The van der Waals surface area contributed by atoms with Gasteiger partial charge in [-0.05, 0) is 44.6 Å². The van der Waals surface area contributed by atoms with E-state index in [1.54, 1.807) is 0 Å². The van der Waals surface area contributed by atoms with Gasteiger partial charge in [0.05, 0.1) is 5.54 Å². The topological polar surface area (TPSA) is 32.3 Å². The van der Waals surface area contributed by atoms with E-state index in [9.17, 15) is 4.79 Å². The second-order valence-electron chi connectivity index (χ2n) is 5.10. The molecule has 1 atom stereocenters. The van der Waals surface area contributed by atoms with Crippen molar-refractivity contribution in [2.45, 2.75) is 44.6 Å². The van der Waals surface area contributed by atoms with Crippen molar-refractivity contribution in [3.05, 3.63) is 0 Å². The zero-order valence-corrected chi connectivity index (χ0v) is 9.88. The molecule has 0 radical (unpaired) electrons. The number of carbonyl (C=O) groups excluding carboxylic acids is 1. The second kappa shape index (κ2) is 4.12. The number of hydrogen-bond donors (Lipinski definition) is 1. The second-order valence-corrected chi connectivity index (χ2v) is 5.10. The van der Waals surface area contributed by atoms with Crippen molar-refractivity contribution in [3.63, 3.8) is 0 Å². The smallest absolute Gasteiger partial charge is 0.242 e. The van der Waals surface area contributed by atoms with E-state index in [-0.39, 0.29) is 5.54 Å². The summed E-state index contributed by atoms with van der Waals surface area (Å²) >= 11 is 0. The van der Waals surface area contributed by atoms with Gasteiger partial charge in [0.2, 0.25) is 5.91 Å². The average molecular weight is 210 g/mol. The first-order valence-electron chi connectivity index (χ1n) is 6.18. The molecule has 1 aliphatic carbocycles. The van der Waals surface area contributed by atoms with Crippen molar-refractivity contribution in [1.82, 2.24) is 10.2 Å². The third kappa shape index (κ3) is 2.17. The Morgan fingerprint density at radius 3 is 2.73 bits per heavy atom. The Labute approximate surface area is 92.2 Å². The van der Waals surface area contributed by atoms with E-state index in [1.165, 1.54) is 12.8 Å². The molecule has 0 aromatic carbocycles. The summed E-state index contributed by atoms with van der Waals surface area (Å²) in [6.45, 7) is 4.07. The van der Waals surface area contributed by atoms with Crippen LogP contribution in [-0.4, -0.2) is 36.5 Å². The molecule has 0 bridgehead atoms. The molecular weight excluding hydrogens is 188 g/mol. The highest BCUT2D eigenvalue weighted by atomic mass is 16.2. The normalized spacial score (nSPS) is 30.5. The third-order valence-electron chi connectivity index (χ3n) is 3.83. The SMILES string of the molecule is CCC1(C(=O)N(C)CC2CC2)CCCN1. The minimum absolute atomic E-state index is 0.232. The summed E-state index contributed by atoms with van der Waals surface area (Å²) in [6.07, 6.45) is 5.68. The summed E-state index contributed by atoms with van der Waals surface area (Å²) in [7, 11) is 1.96. The van der Waals surface area contributed by atoms with E-state index in [2.05, 4.69) is 12.2 Å². The summed E-state index contributed by atoms with van der Waals surface area (Å²) in [5.74, 6) is 1.10. The number of likely N-dealkylation sites (N-methyl/N-ethyl adjacent to an activating group) is 1. The van der Waals surface area contributed by atoms with Crippen LogP contribution in [0.5, 0.6) is 0 Å². The van der Waals surface area contributed by atoms with Gasteiger partial charge in [0, 0.05) is 13.6 Å². The van der Waals surface area contributed by atoms with Crippen molar-refractivity contribution in [3.8, 4) is 0 Å². The maximum atomic E-state index is 12.3. The minimum atomic E-state index is -0.232. The molecule has 1 N–H and O–H groups in total. The zero-order chi connectivity index (χ0) is 10.9. The Balaban J connectivity index is 1.96. The maximum absolute atomic E-state index is 12.3. The van der Waals surface area contributed by atoms with Crippen LogP contribution in [0.2, 0.25) is 0 Å². The molecule has 1 saturated heterocycles. The van der Waals surface area contributed by atoms with Gasteiger partial charge in [-0.15, -0.1) is 0 Å². The molecule has 1 unspecified atom stereocenters. The molecule has 1 saturated carbocycles. The van der Waals surface area contributed by atoms with Gasteiger partial charge < -0.3 is 10.2 Å². The Morgan fingerprint density at radius 2 is 2.27 bits per heavy atom. The Hall–Kier alpha value is -0.570. The Morgan fingerprint density at radius 1 is 1.53 bits per heavy atom. The van der Waals surface area contributed by atoms with Gasteiger partial charge in [-0.3, -0.25) is 4.79 Å². The van der Waals surface area contributed by atoms with Crippen LogP contribution in [0.1, 0.15) is 39.0 Å². The standard InChI is InChI=1S/C12H22N2O/c1-3-12(7-4-8-13-12)11(15)14(2)9-10-5-6-10/h10,13H,3-9H2,1-2H3. The number of carbonyl (C=O) groups is 1. The van der Waals surface area contributed by atoms with Gasteiger partial charge >= 0.3 is 0 Å². The van der Waals surface area contributed by atoms with Gasteiger partial charge in [-0.1, -0.05) is 6.92 Å². The van der Waals surface area contributed by atoms with E-state index in [4.69, 9.17) is 0 Å². The number of rotatable bonds is 4. The molecule has 86 valence electrons. The molecule has 1 aliphatic heterocycles. The summed E-state index contributed by atoms with van der Waals surface area (Å²) in [4.78, 5) is 14.3. The van der Waals surface area contributed by atoms with E-state index in [1.807, 2.05) is 11.9 Å². The third-order valence-corrected chi connectivity index (χ3v) is 3.83. The van der Waals surface area contributed by atoms with Crippen LogP contribution < -0.4 is 5.32 Å². The largest absolute Gasteiger partial charge is 0.344 e. The first-order chi connectivity index (χ1) is 7.18. The van der Waals surface area contributed by atoms with Crippen LogP contribution in [0.4, 0.5) is 0 Å². The lowest BCUT2D eigenvalue weighted by Crippen LogP contribution is -2.53. The van der Waals surface area contributed by atoms with Crippen LogP contribution in [0, 0.1) is 5.92 Å². The molecule has 3 heteroatoms. The molecule has 0 aromatic heterocycles. The molecule has 3 nitrogen and oxygen atoms in total. The van der Waals surface area contributed by atoms with E-state index < -0.39 is 0 Å². The predicted molar refractivity (Wildman–Crippen MR) is 60.6 cm³/mol. The molecule has 2 aliphatic rings. The molecule has 0 aromatic rings. The first kappa shape index (κ1) is 10.9. The van der Waals surface area contributed by atoms with Crippen LogP contribution in [-0.2, 0) is 4.79 Å². The fourth-order valence-corrected chi connectivity index (χ4v) is 2.58. The fraction of sp³-hybridized carbons (Fsp3) is 0.917. The lowest BCUT2D eigenvalue weighted by atomic mass is 9.92. The highest BCUT2D eigenvalue weighted by molar-refractivity contribution is 5.86. The number of nitrogens with zero attached hydrogens (tertiary/aromatic N) is 1. The number of nitrogens with one attached hydrogen (secondary N) is 1. The molecule has 1 heterocycles. The van der Waals surface area contributed by atoms with Crippen LogP contribution in [0.15, 0.2) is 0 Å². The number of hydrogen-bond acceptors (Lipinski definition) is 2. The van der Waals surface area contributed by atoms with Gasteiger partial charge in [0.15, 0.2) is 0 Å². The summed E-state index contributed by atoms with van der Waals surface area (Å²) in [5.41, 5.74) is -0.232. The Bertz CT molecular complexity index is 242. The highest BCUT2D eigenvalue weighted by Crippen LogP contribution is 2.31. The summed E-state index contributed by atoms with van der Waals surface area (Å²) in [5, 5.41) is 3.40. The van der Waals surface area contributed by atoms with Crippen molar-refractivity contribution in [1.29, 1.82) is 0 Å². The van der Waals surface area contributed by atoms with Crippen molar-refractivity contribution >= 4 is 5.91 Å². The monoisotopic (exact) mass is 210 g/mol. The van der Waals surface area contributed by atoms with Crippen molar-refractivity contribution in [2.24, 2.45) is 5.92 Å². The Kier molecular flexibility index (Phi) is 3.01. The van der Waals surface area contributed by atoms with E-state index >= 15 is 0 Å². The molecule has 2 fully saturated rings. The quantitative estimate of drug-likeness (QED) is 0.760. The highest BCUT2D eigenvalue weighted by Gasteiger charge is 2.41. The lowest BCUT2D eigenvalue weighted by molar-refractivity contribution is -0.136. The number of amides is 1. The zero-order valence-electron chi connectivity index (χ0n) is 9.88. The van der Waals surface area contributed by atoms with Gasteiger partial charge in [0.25, 0.3) is 0 Å². The first-order valence-corrected chi connectivity index (χ1v) is 6.18. The maximum Gasteiger partial charge on any atom is 0.242 e. The van der Waals surface area contributed by atoms with E-state index in [0.29, 0.717) is 5.91 Å². The summed E-state index contributed by atoms with van der Waals surface area (Å²) in [6, 6.07) is 0. The minimum Gasteiger partial charge on any atom is -0.344 e. The summed E-state index contributed by atoms with van der Waals surface area (Å²) < 4.78 is 0.